The molecule has 22 heavy (non-hydrogen) atoms. The number of rotatable bonds is 3. The van der Waals surface area contributed by atoms with Gasteiger partial charge < -0.3 is 9.72 Å². The zero-order valence-electron chi connectivity index (χ0n) is 12.2. The van der Waals surface area contributed by atoms with Crippen molar-refractivity contribution >= 4 is 27.5 Å². The lowest BCUT2D eigenvalue weighted by Crippen LogP contribution is -2.17. The summed E-state index contributed by atoms with van der Waals surface area (Å²) in [5, 5.41) is 2.38. The number of H-pyrrole nitrogens is 1. The van der Waals surface area contributed by atoms with Crippen molar-refractivity contribution in [2.45, 2.75) is 13.8 Å². The maximum absolute atomic E-state index is 12.3. The number of ether oxygens (including phenoxy) is 1. The molecule has 2 aromatic heterocycles. The van der Waals surface area contributed by atoms with Gasteiger partial charge in [-0.25, -0.2) is 9.78 Å². The average Bonchev–Trinajstić information content (AvgIpc) is 2.93. The first-order valence-electron chi connectivity index (χ1n) is 6.86. The van der Waals surface area contributed by atoms with Gasteiger partial charge in [0.1, 0.15) is 4.83 Å². The smallest absolute Gasteiger partial charge is 0.374 e. The van der Waals surface area contributed by atoms with Crippen LogP contribution in [0, 0.1) is 6.92 Å². The lowest BCUT2D eigenvalue weighted by atomic mass is 10.1. The minimum Gasteiger partial charge on any atom is -0.460 e. The first-order chi connectivity index (χ1) is 10.6. The second-order valence-electron chi connectivity index (χ2n) is 4.83. The molecule has 0 bridgehead atoms. The van der Waals surface area contributed by atoms with Crippen LogP contribution in [0.3, 0.4) is 0 Å². The number of aromatic amines is 1. The molecule has 0 aliphatic rings. The van der Waals surface area contributed by atoms with Crippen LogP contribution in [0.15, 0.2) is 34.4 Å². The highest BCUT2D eigenvalue weighted by molar-refractivity contribution is 7.17. The number of hydrogen-bond acceptors (Lipinski definition) is 5. The molecule has 0 radical (unpaired) electrons. The molecule has 0 amide bonds. The summed E-state index contributed by atoms with van der Waals surface area (Å²) in [6, 6.07) is 7.92. The molecule has 0 unspecified atom stereocenters. The molecule has 112 valence electrons. The van der Waals surface area contributed by atoms with Gasteiger partial charge in [0.2, 0.25) is 5.82 Å². The van der Waals surface area contributed by atoms with E-state index in [9.17, 15) is 9.59 Å². The number of hydrogen-bond donors (Lipinski definition) is 1. The second-order valence-corrected chi connectivity index (χ2v) is 5.69. The predicted molar refractivity (Wildman–Crippen MR) is 86.4 cm³/mol. The number of carbonyl (C=O) groups excluding carboxylic acids is 1. The molecule has 1 N–H and O–H groups in total. The Morgan fingerprint density at radius 3 is 2.73 bits per heavy atom. The molecular weight excluding hydrogens is 300 g/mol. The van der Waals surface area contributed by atoms with Gasteiger partial charge in [-0.1, -0.05) is 29.8 Å². The minimum atomic E-state index is -0.619. The molecule has 2 heterocycles. The summed E-state index contributed by atoms with van der Waals surface area (Å²) in [5.41, 5.74) is 2.60. The van der Waals surface area contributed by atoms with Crippen molar-refractivity contribution in [1.29, 1.82) is 0 Å². The third-order valence-corrected chi connectivity index (χ3v) is 4.15. The summed E-state index contributed by atoms with van der Waals surface area (Å²) in [4.78, 5) is 31.3. The molecule has 3 aromatic rings. The predicted octanol–water partition coefficient (Wildman–Crippen LogP) is 3.14. The minimum absolute atomic E-state index is 0.0587. The van der Waals surface area contributed by atoms with E-state index in [0.717, 1.165) is 16.7 Å². The third-order valence-electron chi connectivity index (χ3n) is 3.28. The van der Waals surface area contributed by atoms with E-state index in [1.807, 2.05) is 36.6 Å². The zero-order valence-corrected chi connectivity index (χ0v) is 13.0. The van der Waals surface area contributed by atoms with Crippen molar-refractivity contribution in [2.24, 2.45) is 0 Å². The van der Waals surface area contributed by atoms with Crippen LogP contribution in [0.2, 0.25) is 0 Å². The number of thiophene rings is 1. The van der Waals surface area contributed by atoms with E-state index in [1.165, 1.54) is 11.3 Å². The SMILES string of the molecule is CCOC(=O)c1nc2scc(-c3ccc(C)cc3)c2c(=O)[nH]1. The Balaban J connectivity index is 2.14. The first-order valence-corrected chi connectivity index (χ1v) is 7.73. The molecule has 1 aromatic carbocycles. The van der Waals surface area contributed by atoms with Gasteiger partial charge in [0.15, 0.2) is 0 Å². The molecule has 3 rings (SSSR count). The van der Waals surface area contributed by atoms with E-state index in [2.05, 4.69) is 9.97 Å². The van der Waals surface area contributed by atoms with Gasteiger partial charge in [-0.15, -0.1) is 11.3 Å². The van der Waals surface area contributed by atoms with Crippen LogP contribution >= 0.6 is 11.3 Å². The van der Waals surface area contributed by atoms with E-state index >= 15 is 0 Å². The Morgan fingerprint density at radius 2 is 2.05 bits per heavy atom. The quantitative estimate of drug-likeness (QED) is 0.754. The maximum atomic E-state index is 12.3. The van der Waals surface area contributed by atoms with Crippen molar-refractivity contribution in [2.75, 3.05) is 6.61 Å². The van der Waals surface area contributed by atoms with Crippen LogP contribution in [-0.2, 0) is 4.74 Å². The highest BCUT2D eigenvalue weighted by Gasteiger charge is 2.16. The fourth-order valence-electron chi connectivity index (χ4n) is 2.19. The molecule has 0 aliphatic heterocycles. The number of carbonyl (C=O) groups is 1. The highest BCUT2D eigenvalue weighted by Crippen LogP contribution is 2.30. The number of nitrogens with one attached hydrogen (secondary N) is 1. The molecule has 0 saturated carbocycles. The number of nitrogens with zero attached hydrogens (tertiary/aromatic N) is 1. The molecular formula is C16H14N2O3S. The molecule has 0 aliphatic carbocycles. The number of aryl methyl sites for hydroxylation is 1. The summed E-state index contributed by atoms with van der Waals surface area (Å²) in [7, 11) is 0. The van der Waals surface area contributed by atoms with E-state index < -0.39 is 5.97 Å². The summed E-state index contributed by atoms with van der Waals surface area (Å²) < 4.78 is 4.87. The van der Waals surface area contributed by atoms with E-state index in [-0.39, 0.29) is 18.0 Å². The molecule has 5 nitrogen and oxygen atoms in total. The van der Waals surface area contributed by atoms with Crippen LogP contribution in [0.25, 0.3) is 21.3 Å². The van der Waals surface area contributed by atoms with E-state index in [0.29, 0.717) is 10.2 Å². The Labute approximate surface area is 130 Å². The van der Waals surface area contributed by atoms with Crippen molar-refractivity contribution in [1.82, 2.24) is 9.97 Å². The number of benzene rings is 1. The van der Waals surface area contributed by atoms with Crippen molar-refractivity contribution in [3.8, 4) is 11.1 Å². The number of aromatic nitrogens is 2. The topological polar surface area (TPSA) is 72.0 Å². The lowest BCUT2D eigenvalue weighted by Gasteiger charge is -2.02. The van der Waals surface area contributed by atoms with E-state index in [1.54, 1.807) is 6.92 Å². The monoisotopic (exact) mass is 314 g/mol. The van der Waals surface area contributed by atoms with Gasteiger partial charge in [0, 0.05) is 10.9 Å². The van der Waals surface area contributed by atoms with Crippen molar-refractivity contribution in [3.05, 3.63) is 51.4 Å². The fraction of sp³-hybridized carbons (Fsp3) is 0.188. The largest absolute Gasteiger partial charge is 0.460 e. The second kappa shape index (κ2) is 5.73. The molecule has 0 spiro atoms. The van der Waals surface area contributed by atoms with E-state index in [4.69, 9.17) is 4.74 Å². The van der Waals surface area contributed by atoms with Gasteiger partial charge >= 0.3 is 5.97 Å². The number of fused-ring (bicyclic) bond motifs is 1. The van der Waals surface area contributed by atoms with Crippen LogP contribution in [0.5, 0.6) is 0 Å². The van der Waals surface area contributed by atoms with Crippen LogP contribution in [-0.4, -0.2) is 22.5 Å². The average molecular weight is 314 g/mol. The highest BCUT2D eigenvalue weighted by atomic mass is 32.1. The number of esters is 1. The third kappa shape index (κ3) is 2.53. The van der Waals surface area contributed by atoms with Crippen LogP contribution in [0.4, 0.5) is 0 Å². The Kier molecular flexibility index (Phi) is 3.77. The fourth-order valence-corrected chi connectivity index (χ4v) is 3.14. The molecule has 0 fully saturated rings. The van der Waals surface area contributed by atoms with Crippen molar-refractivity contribution < 1.29 is 9.53 Å². The van der Waals surface area contributed by atoms with Gasteiger partial charge in [-0.05, 0) is 19.4 Å². The van der Waals surface area contributed by atoms with Crippen molar-refractivity contribution in [3.63, 3.8) is 0 Å². The van der Waals surface area contributed by atoms with Crippen LogP contribution < -0.4 is 5.56 Å². The van der Waals surface area contributed by atoms with Crippen LogP contribution in [0.1, 0.15) is 23.1 Å². The molecule has 0 saturated heterocycles. The normalized spacial score (nSPS) is 10.8. The van der Waals surface area contributed by atoms with Gasteiger partial charge in [-0.2, -0.15) is 0 Å². The summed E-state index contributed by atoms with van der Waals surface area (Å²) in [6.07, 6.45) is 0. The Bertz CT molecular complexity index is 894. The molecule has 0 atom stereocenters. The zero-order chi connectivity index (χ0) is 15.7. The summed E-state index contributed by atoms with van der Waals surface area (Å²) in [6.45, 7) is 3.95. The standard InChI is InChI=1S/C16H14N2O3S/c1-3-21-16(20)13-17-14(19)12-11(8-22-15(12)18-13)10-6-4-9(2)5-7-10/h4-8H,3H2,1-2H3,(H,17,18,19). The summed E-state index contributed by atoms with van der Waals surface area (Å²) >= 11 is 1.34. The summed E-state index contributed by atoms with van der Waals surface area (Å²) in [5.74, 6) is -0.677. The molecule has 6 heteroatoms. The lowest BCUT2D eigenvalue weighted by molar-refractivity contribution is 0.0512. The van der Waals surface area contributed by atoms with Gasteiger partial charge in [-0.3, -0.25) is 4.79 Å². The maximum Gasteiger partial charge on any atom is 0.374 e. The van der Waals surface area contributed by atoms with Gasteiger partial charge in [0.05, 0.1) is 12.0 Å². The Morgan fingerprint density at radius 1 is 1.32 bits per heavy atom. The Hall–Kier alpha value is -2.47. The van der Waals surface area contributed by atoms with Gasteiger partial charge in [0.25, 0.3) is 5.56 Å². The first kappa shape index (κ1) is 14.5.